The van der Waals surface area contributed by atoms with Crippen molar-refractivity contribution in [2.24, 2.45) is 0 Å². The van der Waals surface area contributed by atoms with E-state index in [0.717, 1.165) is 5.52 Å². The first kappa shape index (κ1) is 14.6. The van der Waals surface area contributed by atoms with Gasteiger partial charge in [0.05, 0.1) is 10.2 Å². The number of aromatic amines is 1. The molecule has 1 saturated carbocycles. The Morgan fingerprint density at radius 1 is 1.29 bits per heavy atom. The molecule has 114 valence electrons. The van der Waals surface area contributed by atoms with E-state index in [-0.39, 0.29) is 5.97 Å². The lowest BCUT2D eigenvalue weighted by Crippen LogP contribution is -2.23. The summed E-state index contributed by atoms with van der Waals surface area (Å²) in [7, 11) is 0. The molecule has 0 atom stereocenters. The van der Waals surface area contributed by atoms with Crippen molar-refractivity contribution in [3.05, 3.63) is 22.7 Å². The van der Waals surface area contributed by atoms with Crippen molar-refractivity contribution in [2.75, 3.05) is 0 Å². The van der Waals surface area contributed by atoms with Gasteiger partial charge in [-0.2, -0.15) is 0 Å². The lowest BCUT2D eigenvalue weighted by Gasteiger charge is -2.20. The Morgan fingerprint density at radius 3 is 2.67 bits per heavy atom. The molecule has 0 amide bonds. The first-order valence-electron chi connectivity index (χ1n) is 7.78. The summed E-state index contributed by atoms with van der Waals surface area (Å²) in [5.41, 5.74) is 2.02. The van der Waals surface area contributed by atoms with Gasteiger partial charge in [-0.1, -0.05) is 19.3 Å². The normalized spacial score (nSPS) is 17.3. The van der Waals surface area contributed by atoms with Crippen LogP contribution in [0.2, 0.25) is 0 Å². The summed E-state index contributed by atoms with van der Waals surface area (Å²) < 4.78 is 6.70. The van der Waals surface area contributed by atoms with Crippen LogP contribution in [0.3, 0.4) is 0 Å². The molecule has 1 aliphatic rings. The Labute approximate surface area is 129 Å². The maximum Gasteiger partial charge on any atom is 0.348 e. The third-order valence-electron chi connectivity index (χ3n) is 4.02. The number of ether oxygens (including phenoxy) is 1. The van der Waals surface area contributed by atoms with Crippen LogP contribution in [0.15, 0.2) is 12.3 Å². The summed E-state index contributed by atoms with van der Waals surface area (Å²) in [4.78, 5) is 16.2. The zero-order valence-electron chi connectivity index (χ0n) is 13.0. The van der Waals surface area contributed by atoms with Crippen molar-refractivity contribution < 1.29 is 9.53 Å². The lowest BCUT2D eigenvalue weighted by atomic mass is 9.85. The molecule has 2 aromatic heterocycles. The second-order valence-electron chi connectivity index (χ2n) is 6.93. The van der Waals surface area contributed by atoms with Gasteiger partial charge in [0.1, 0.15) is 10.5 Å². The second-order valence-corrected chi connectivity index (χ2v) is 7.99. The predicted molar refractivity (Wildman–Crippen MR) is 87.2 cm³/mol. The number of nitrogens with one attached hydrogen (secondary N) is 1. The number of hydrogen-bond donors (Lipinski definition) is 1. The highest BCUT2D eigenvalue weighted by Crippen LogP contribution is 2.39. The average molecular weight is 305 g/mol. The van der Waals surface area contributed by atoms with E-state index in [1.54, 1.807) is 11.3 Å². The highest BCUT2D eigenvalue weighted by atomic mass is 32.1. The summed E-state index contributed by atoms with van der Waals surface area (Å²) >= 11 is 1.57. The molecule has 1 N–H and O–H groups in total. The SMILES string of the molecule is CC(C)(C)OC(=O)c1cc2[nH]cc(C3CCCCC3)c2s1. The predicted octanol–water partition coefficient (Wildman–Crippen LogP) is 5.23. The maximum atomic E-state index is 12.2. The number of thiophene rings is 1. The van der Waals surface area contributed by atoms with Crippen LogP contribution in [-0.2, 0) is 4.74 Å². The van der Waals surface area contributed by atoms with E-state index in [9.17, 15) is 4.79 Å². The van der Waals surface area contributed by atoms with Gasteiger partial charge < -0.3 is 9.72 Å². The molecule has 0 bridgehead atoms. The molecule has 0 radical (unpaired) electrons. The molecule has 21 heavy (non-hydrogen) atoms. The van der Waals surface area contributed by atoms with Crippen LogP contribution in [-0.4, -0.2) is 16.6 Å². The van der Waals surface area contributed by atoms with Crippen LogP contribution in [0.1, 0.15) is 74.0 Å². The quantitative estimate of drug-likeness (QED) is 0.772. The van der Waals surface area contributed by atoms with Crippen molar-refractivity contribution in [3.63, 3.8) is 0 Å². The summed E-state index contributed by atoms with van der Waals surface area (Å²) in [6, 6.07) is 1.93. The highest BCUT2D eigenvalue weighted by Gasteiger charge is 2.23. The summed E-state index contributed by atoms with van der Waals surface area (Å²) in [6.45, 7) is 5.70. The minimum absolute atomic E-state index is 0.216. The zero-order valence-corrected chi connectivity index (χ0v) is 13.8. The molecule has 2 heterocycles. The van der Waals surface area contributed by atoms with Crippen molar-refractivity contribution in [1.29, 1.82) is 0 Å². The number of aromatic nitrogens is 1. The minimum atomic E-state index is -0.443. The molecule has 1 aliphatic carbocycles. The average Bonchev–Trinajstić information content (AvgIpc) is 2.97. The Morgan fingerprint density at radius 2 is 2.00 bits per heavy atom. The van der Waals surface area contributed by atoms with Gasteiger partial charge in [-0.15, -0.1) is 11.3 Å². The van der Waals surface area contributed by atoms with Crippen LogP contribution in [0.25, 0.3) is 10.2 Å². The molecule has 3 rings (SSSR count). The minimum Gasteiger partial charge on any atom is -0.456 e. The number of H-pyrrole nitrogens is 1. The van der Waals surface area contributed by atoms with Gasteiger partial charge in [0.2, 0.25) is 0 Å². The maximum absolute atomic E-state index is 12.2. The fourth-order valence-corrected chi connectivity index (χ4v) is 4.17. The van der Waals surface area contributed by atoms with Crippen LogP contribution < -0.4 is 0 Å². The Balaban J connectivity index is 1.87. The number of hydrogen-bond acceptors (Lipinski definition) is 3. The Kier molecular flexibility index (Phi) is 3.82. The molecule has 0 aliphatic heterocycles. The van der Waals surface area contributed by atoms with Gasteiger partial charge in [0, 0.05) is 6.20 Å². The van der Waals surface area contributed by atoms with Gasteiger partial charge in [-0.3, -0.25) is 0 Å². The first-order chi connectivity index (χ1) is 9.94. The first-order valence-corrected chi connectivity index (χ1v) is 8.60. The van der Waals surface area contributed by atoms with Gasteiger partial charge in [-0.25, -0.2) is 4.79 Å². The van der Waals surface area contributed by atoms with Crippen LogP contribution in [0.4, 0.5) is 0 Å². The van der Waals surface area contributed by atoms with Crippen molar-refractivity contribution >= 4 is 27.5 Å². The third-order valence-corrected chi connectivity index (χ3v) is 5.19. The molecule has 0 aromatic carbocycles. The van der Waals surface area contributed by atoms with Crippen molar-refractivity contribution in [1.82, 2.24) is 4.98 Å². The number of fused-ring (bicyclic) bond motifs is 1. The fraction of sp³-hybridized carbons (Fsp3) is 0.588. The van der Waals surface area contributed by atoms with E-state index < -0.39 is 5.60 Å². The molecular weight excluding hydrogens is 282 g/mol. The standard InChI is InChI=1S/C17H23NO2S/c1-17(2,3)20-16(19)14-9-13-15(21-14)12(10-18-13)11-7-5-4-6-8-11/h9-11,18H,4-8H2,1-3H3. The van der Waals surface area contributed by atoms with Gasteiger partial charge in [0.25, 0.3) is 0 Å². The number of carbonyl (C=O) groups excluding carboxylic acids is 1. The smallest absolute Gasteiger partial charge is 0.348 e. The van der Waals surface area contributed by atoms with E-state index in [4.69, 9.17) is 4.74 Å². The molecule has 1 fully saturated rings. The summed E-state index contributed by atoms with van der Waals surface area (Å²) in [6.07, 6.45) is 8.68. The molecule has 4 heteroatoms. The molecule has 0 unspecified atom stereocenters. The van der Waals surface area contributed by atoms with Crippen molar-refractivity contribution in [3.8, 4) is 0 Å². The zero-order chi connectivity index (χ0) is 15.0. The van der Waals surface area contributed by atoms with E-state index in [0.29, 0.717) is 10.8 Å². The largest absolute Gasteiger partial charge is 0.456 e. The molecule has 2 aromatic rings. The molecular formula is C17H23NO2S. The molecule has 3 nitrogen and oxygen atoms in total. The number of carbonyl (C=O) groups is 1. The Hall–Kier alpha value is -1.29. The lowest BCUT2D eigenvalue weighted by molar-refractivity contribution is 0.00753. The van der Waals surface area contributed by atoms with Crippen LogP contribution in [0.5, 0.6) is 0 Å². The molecule has 0 saturated heterocycles. The summed E-state index contributed by atoms with van der Waals surface area (Å²) in [5, 5.41) is 0. The van der Waals surface area contributed by atoms with E-state index >= 15 is 0 Å². The van der Waals surface area contributed by atoms with Gasteiger partial charge >= 0.3 is 5.97 Å². The fourth-order valence-electron chi connectivity index (χ4n) is 3.08. The van der Waals surface area contributed by atoms with E-state index in [1.165, 1.54) is 42.4 Å². The van der Waals surface area contributed by atoms with Gasteiger partial charge in [0.15, 0.2) is 0 Å². The Bertz CT molecular complexity index is 641. The molecule has 0 spiro atoms. The van der Waals surface area contributed by atoms with E-state index in [2.05, 4.69) is 11.2 Å². The monoisotopic (exact) mass is 305 g/mol. The highest BCUT2D eigenvalue weighted by molar-refractivity contribution is 7.20. The van der Waals surface area contributed by atoms with Gasteiger partial charge in [-0.05, 0) is 51.2 Å². The number of rotatable bonds is 2. The van der Waals surface area contributed by atoms with Crippen LogP contribution in [0, 0.1) is 0 Å². The third kappa shape index (κ3) is 3.15. The summed E-state index contributed by atoms with van der Waals surface area (Å²) in [5.74, 6) is 0.435. The topological polar surface area (TPSA) is 42.1 Å². The second kappa shape index (κ2) is 5.48. The number of esters is 1. The van der Waals surface area contributed by atoms with E-state index in [1.807, 2.05) is 26.8 Å². The van der Waals surface area contributed by atoms with Crippen molar-refractivity contribution in [2.45, 2.75) is 64.4 Å². The van der Waals surface area contributed by atoms with Crippen LogP contribution >= 0.6 is 11.3 Å².